The molecule has 0 bridgehead atoms. The molecule has 8 unspecified atom stereocenters. The molecule has 4 aliphatic rings. The van der Waals surface area contributed by atoms with Crippen LogP contribution in [0, 0.1) is 28.6 Å². The molecule has 0 amide bonds. The summed E-state index contributed by atoms with van der Waals surface area (Å²) in [5, 5.41) is 0. The van der Waals surface area contributed by atoms with E-state index in [4.69, 9.17) is 23.7 Å². The predicted molar refractivity (Wildman–Crippen MR) is 136 cm³/mol. The minimum absolute atomic E-state index is 0.0476. The van der Waals surface area contributed by atoms with E-state index in [9.17, 15) is 24.0 Å². The van der Waals surface area contributed by atoms with Crippen LogP contribution in [0.3, 0.4) is 0 Å². The molecule has 0 radical (unpaired) electrons. The van der Waals surface area contributed by atoms with Gasteiger partial charge in [-0.1, -0.05) is 27.7 Å². The van der Waals surface area contributed by atoms with Gasteiger partial charge in [0.15, 0.2) is 0 Å². The van der Waals surface area contributed by atoms with Crippen molar-refractivity contribution in [3.63, 3.8) is 0 Å². The second-order valence-corrected chi connectivity index (χ2v) is 12.0. The Morgan fingerprint density at radius 1 is 1.13 bits per heavy atom. The number of rotatable bonds is 9. The van der Waals surface area contributed by atoms with E-state index in [1.54, 1.807) is 6.92 Å². The topological polar surface area (TPSA) is 135 Å². The Kier molecular flexibility index (Phi) is 8.00. The van der Waals surface area contributed by atoms with Gasteiger partial charge >= 0.3 is 23.9 Å². The van der Waals surface area contributed by atoms with Crippen LogP contribution in [0.4, 0.5) is 0 Å². The van der Waals surface area contributed by atoms with Gasteiger partial charge in [0.25, 0.3) is 0 Å². The lowest BCUT2D eigenvalue weighted by Gasteiger charge is -2.62. The van der Waals surface area contributed by atoms with Crippen LogP contribution >= 0.6 is 0 Å². The number of ether oxygens (including phenoxy) is 5. The fourth-order valence-electron chi connectivity index (χ4n) is 7.14. The maximum Gasteiger partial charge on any atom is 0.331 e. The third kappa shape index (κ3) is 5.00. The Morgan fingerprint density at radius 2 is 1.82 bits per heavy atom. The number of fused-ring (bicyclic) bond motifs is 2. The van der Waals surface area contributed by atoms with Crippen molar-refractivity contribution in [1.82, 2.24) is 0 Å². The zero-order valence-electron chi connectivity index (χ0n) is 23.7. The highest BCUT2D eigenvalue weighted by Gasteiger charge is 2.81. The van der Waals surface area contributed by atoms with Gasteiger partial charge in [-0.3, -0.25) is 19.2 Å². The SMILES string of the molecule is CCC(C)C(=O)OC1CC(=O)C2C(C)(CCC3=CC(=O)OC3)C(C)CC(OC(C)=O)C2(COC(C)=O)C12CO2. The van der Waals surface area contributed by atoms with E-state index < -0.39 is 52.5 Å². The van der Waals surface area contributed by atoms with Gasteiger partial charge in [-0.15, -0.1) is 0 Å². The van der Waals surface area contributed by atoms with Crippen molar-refractivity contribution in [2.45, 2.75) is 91.5 Å². The molecule has 216 valence electrons. The van der Waals surface area contributed by atoms with E-state index in [2.05, 4.69) is 0 Å². The Hall–Kier alpha value is -2.75. The van der Waals surface area contributed by atoms with Crippen LogP contribution in [0.1, 0.15) is 73.6 Å². The molecule has 0 aromatic rings. The average Bonchev–Trinajstić information content (AvgIpc) is 3.56. The van der Waals surface area contributed by atoms with Crippen molar-refractivity contribution in [3.8, 4) is 0 Å². The minimum Gasteiger partial charge on any atom is -0.465 e. The number of hydrogen-bond donors (Lipinski definition) is 0. The van der Waals surface area contributed by atoms with Crippen molar-refractivity contribution in [1.29, 1.82) is 0 Å². The maximum absolute atomic E-state index is 14.2. The molecule has 2 saturated carbocycles. The van der Waals surface area contributed by atoms with Gasteiger partial charge in [-0.25, -0.2) is 4.79 Å². The first-order chi connectivity index (χ1) is 18.3. The summed E-state index contributed by atoms with van der Waals surface area (Å²) in [6.07, 6.45) is 1.78. The number of carbonyl (C=O) groups is 5. The molecule has 0 aromatic carbocycles. The summed E-state index contributed by atoms with van der Waals surface area (Å²) in [4.78, 5) is 63.3. The van der Waals surface area contributed by atoms with Crippen LogP contribution < -0.4 is 0 Å². The standard InChI is InChI=1S/C29H40O10/c1-7-16(2)26(34)39-23-12-21(32)25-27(6,9-8-20-11-24(33)35-13-20)17(3)10-22(38-19(5)31)28(25,14-36-18(4)30)29(23)15-37-29/h11,16-17,22-23,25H,7-10,12-15H2,1-6H3. The molecule has 10 nitrogen and oxygen atoms in total. The lowest BCUT2D eigenvalue weighted by Crippen LogP contribution is -2.73. The van der Waals surface area contributed by atoms with Crippen LogP contribution in [0.25, 0.3) is 0 Å². The van der Waals surface area contributed by atoms with Gasteiger partial charge < -0.3 is 23.7 Å². The highest BCUT2D eigenvalue weighted by molar-refractivity contribution is 5.87. The molecule has 3 fully saturated rings. The van der Waals surface area contributed by atoms with Crippen LogP contribution in [-0.2, 0) is 47.7 Å². The smallest absolute Gasteiger partial charge is 0.331 e. The number of esters is 4. The van der Waals surface area contributed by atoms with E-state index in [-0.39, 0.29) is 49.8 Å². The Morgan fingerprint density at radius 3 is 2.36 bits per heavy atom. The molecule has 2 aliphatic heterocycles. The largest absolute Gasteiger partial charge is 0.465 e. The summed E-state index contributed by atoms with van der Waals surface area (Å²) < 4.78 is 28.7. The lowest BCUT2D eigenvalue weighted by molar-refractivity contribution is -0.242. The quantitative estimate of drug-likeness (QED) is 0.240. The van der Waals surface area contributed by atoms with Gasteiger partial charge in [-0.2, -0.15) is 0 Å². The molecule has 0 N–H and O–H groups in total. The molecule has 0 aromatic heterocycles. The van der Waals surface area contributed by atoms with Crippen LogP contribution in [-0.4, -0.2) is 67.3 Å². The third-order valence-electron chi connectivity index (χ3n) is 9.72. The van der Waals surface area contributed by atoms with Crippen LogP contribution in [0.5, 0.6) is 0 Å². The first-order valence-corrected chi connectivity index (χ1v) is 13.8. The number of cyclic esters (lactones) is 1. The van der Waals surface area contributed by atoms with Gasteiger partial charge in [0.05, 0.1) is 17.9 Å². The van der Waals surface area contributed by atoms with Crippen molar-refractivity contribution in [2.75, 3.05) is 19.8 Å². The molecule has 39 heavy (non-hydrogen) atoms. The number of epoxide rings is 1. The number of Topliss-reactive ketones (excluding diaryl/α,β-unsaturated/α-hetero) is 1. The third-order valence-corrected chi connectivity index (χ3v) is 9.72. The van der Waals surface area contributed by atoms with E-state index >= 15 is 0 Å². The van der Waals surface area contributed by atoms with Crippen molar-refractivity contribution in [3.05, 3.63) is 11.6 Å². The van der Waals surface area contributed by atoms with Gasteiger partial charge in [0.1, 0.15) is 36.8 Å². The highest BCUT2D eigenvalue weighted by Crippen LogP contribution is 2.68. The predicted octanol–water partition coefficient (Wildman–Crippen LogP) is 3.09. The normalized spacial score (nSPS) is 37.8. The van der Waals surface area contributed by atoms with Crippen LogP contribution in [0.15, 0.2) is 11.6 Å². The van der Waals surface area contributed by atoms with E-state index in [0.29, 0.717) is 25.7 Å². The van der Waals surface area contributed by atoms with Crippen molar-refractivity contribution < 1.29 is 47.7 Å². The number of hydrogen-bond acceptors (Lipinski definition) is 10. The fraction of sp³-hybridized carbons (Fsp3) is 0.759. The molecule has 4 rings (SSSR count). The number of carbonyl (C=O) groups excluding carboxylic acids is 5. The summed E-state index contributed by atoms with van der Waals surface area (Å²) in [5.41, 5.74) is -2.21. The van der Waals surface area contributed by atoms with E-state index in [0.717, 1.165) is 5.57 Å². The molecule has 8 atom stereocenters. The fourth-order valence-corrected chi connectivity index (χ4v) is 7.14. The minimum atomic E-state index is -1.27. The number of ketones is 1. The molecule has 2 heterocycles. The molecule has 2 aliphatic carbocycles. The molecule has 1 spiro atoms. The van der Waals surface area contributed by atoms with Gasteiger partial charge in [-0.05, 0) is 42.6 Å². The Labute approximate surface area is 229 Å². The first-order valence-electron chi connectivity index (χ1n) is 13.8. The summed E-state index contributed by atoms with van der Waals surface area (Å²) in [6, 6.07) is 0. The second kappa shape index (κ2) is 10.7. The first kappa shape index (κ1) is 29.2. The highest BCUT2D eigenvalue weighted by atomic mass is 16.6. The monoisotopic (exact) mass is 548 g/mol. The second-order valence-electron chi connectivity index (χ2n) is 12.0. The molecular weight excluding hydrogens is 508 g/mol. The van der Waals surface area contributed by atoms with Crippen molar-refractivity contribution >= 4 is 29.7 Å². The lowest BCUT2D eigenvalue weighted by atomic mass is 9.42. The zero-order valence-corrected chi connectivity index (χ0v) is 23.7. The Bertz CT molecular complexity index is 1070. The van der Waals surface area contributed by atoms with E-state index in [1.807, 2.05) is 20.8 Å². The van der Waals surface area contributed by atoms with E-state index in [1.165, 1.54) is 19.9 Å². The summed E-state index contributed by atoms with van der Waals surface area (Å²) in [5.74, 6) is -3.19. The van der Waals surface area contributed by atoms with Gasteiger partial charge in [0.2, 0.25) is 0 Å². The zero-order chi connectivity index (χ0) is 28.8. The summed E-state index contributed by atoms with van der Waals surface area (Å²) >= 11 is 0. The Balaban J connectivity index is 1.82. The average molecular weight is 549 g/mol. The summed E-state index contributed by atoms with van der Waals surface area (Å²) in [6.45, 7) is 10.5. The maximum atomic E-state index is 14.2. The van der Waals surface area contributed by atoms with Crippen LogP contribution in [0.2, 0.25) is 0 Å². The molecular formula is C29H40O10. The molecule has 10 heteroatoms. The molecule has 1 saturated heterocycles. The van der Waals surface area contributed by atoms with Crippen molar-refractivity contribution in [2.24, 2.45) is 28.6 Å². The summed E-state index contributed by atoms with van der Waals surface area (Å²) in [7, 11) is 0. The van der Waals surface area contributed by atoms with Gasteiger partial charge in [0, 0.05) is 32.3 Å².